The molecule has 0 amide bonds. The van der Waals surface area contributed by atoms with E-state index in [4.69, 9.17) is 11.1 Å². The SMILES string of the molecule is CN(Cc1cccc(C(=N)N)c1)c1nc[nH]c(=O)c1I. The van der Waals surface area contributed by atoms with E-state index in [1.165, 1.54) is 6.33 Å². The van der Waals surface area contributed by atoms with E-state index in [9.17, 15) is 4.79 Å². The van der Waals surface area contributed by atoms with Crippen LogP contribution in [0.15, 0.2) is 35.4 Å². The third-order valence-corrected chi connectivity index (χ3v) is 3.77. The largest absolute Gasteiger partial charge is 0.384 e. The number of nitrogens with zero attached hydrogens (tertiary/aromatic N) is 2. The molecule has 0 spiro atoms. The van der Waals surface area contributed by atoms with Gasteiger partial charge in [0.05, 0.1) is 6.33 Å². The van der Waals surface area contributed by atoms with Crippen molar-refractivity contribution in [1.82, 2.24) is 9.97 Å². The minimum Gasteiger partial charge on any atom is -0.384 e. The van der Waals surface area contributed by atoms with E-state index < -0.39 is 0 Å². The molecule has 0 aliphatic rings. The van der Waals surface area contributed by atoms with Crippen LogP contribution in [-0.4, -0.2) is 22.9 Å². The fraction of sp³-hybridized carbons (Fsp3) is 0.154. The van der Waals surface area contributed by atoms with Gasteiger partial charge >= 0.3 is 0 Å². The molecule has 1 aromatic carbocycles. The number of aromatic nitrogens is 2. The first-order valence-electron chi connectivity index (χ1n) is 5.86. The quantitative estimate of drug-likeness (QED) is 0.421. The van der Waals surface area contributed by atoms with Crippen molar-refractivity contribution in [2.45, 2.75) is 6.54 Å². The maximum Gasteiger partial charge on any atom is 0.266 e. The molecule has 0 aliphatic carbocycles. The first kappa shape index (κ1) is 14.5. The number of nitrogen functional groups attached to an aromatic ring is 1. The molecule has 1 heterocycles. The summed E-state index contributed by atoms with van der Waals surface area (Å²) in [6.45, 7) is 0.577. The number of halogens is 1. The summed E-state index contributed by atoms with van der Waals surface area (Å²) in [6, 6.07) is 7.46. The summed E-state index contributed by atoms with van der Waals surface area (Å²) >= 11 is 1.98. The molecule has 7 heteroatoms. The molecule has 2 rings (SSSR count). The maximum absolute atomic E-state index is 11.6. The van der Waals surface area contributed by atoms with Crippen molar-refractivity contribution in [3.05, 3.63) is 55.6 Å². The van der Waals surface area contributed by atoms with Crippen molar-refractivity contribution in [2.75, 3.05) is 11.9 Å². The Balaban J connectivity index is 2.25. The number of hydrogen-bond donors (Lipinski definition) is 3. The van der Waals surface area contributed by atoms with Gasteiger partial charge in [-0.15, -0.1) is 0 Å². The number of amidine groups is 1. The van der Waals surface area contributed by atoms with E-state index in [0.717, 1.165) is 5.56 Å². The summed E-state index contributed by atoms with van der Waals surface area (Å²) in [5.74, 6) is 0.668. The van der Waals surface area contributed by atoms with Crippen molar-refractivity contribution in [3.8, 4) is 0 Å². The molecular weight excluding hydrogens is 369 g/mol. The van der Waals surface area contributed by atoms with Crippen molar-refractivity contribution in [1.29, 1.82) is 5.41 Å². The monoisotopic (exact) mass is 383 g/mol. The van der Waals surface area contributed by atoms with E-state index in [2.05, 4.69) is 9.97 Å². The molecule has 0 saturated carbocycles. The molecule has 4 N–H and O–H groups in total. The summed E-state index contributed by atoms with van der Waals surface area (Å²) in [5, 5.41) is 7.45. The van der Waals surface area contributed by atoms with E-state index in [0.29, 0.717) is 21.5 Å². The number of anilines is 1. The average Bonchev–Trinajstić information content (AvgIpc) is 2.42. The fourth-order valence-corrected chi connectivity index (χ4v) is 2.53. The van der Waals surface area contributed by atoms with Gasteiger partial charge < -0.3 is 15.6 Å². The van der Waals surface area contributed by atoms with Gasteiger partial charge in [0.2, 0.25) is 0 Å². The lowest BCUT2D eigenvalue weighted by Crippen LogP contribution is -2.23. The normalized spacial score (nSPS) is 10.3. The molecule has 0 aliphatic heterocycles. The third-order valence-electron chi connectivity index (χ3n) is 2.80. The van der Waals surface area contributed by atoms with Crippen LogP contribution < -0.4 is 16.2 Å². The molecular formula is C13H14IN5O. The summed E-state index contributed by atoms with van der Waals surface area (Å²) in [5.41, 5.74) is 7.01. The molecule has 0 atom stereocenters. The highest BCUT2D eigenvalue weighted by Gasteiger charge is 2.11. The molecule has 0 radical (unpaired) electrons. The van der Waals surface area contributed by atoms with Crippen LogP contribution in [0.25, 0.3) is 0 Å². The Morgan fingerprint density at radius 1 is 1.55 bits per heavy atom. The maximum atomic E-state index is 11.6. The molecule has 0 unspecified atom stereocenters. The minimum atomic E-state index is -0.153. The molecule has 20 heavy (non-hydrogen) atoms. The second-order valence-electron chi connectivity index (χ2n) is 4.34. The number of rotatable bonds is 4. The fourth-order valence-electron chi connectivity index (χ4n) is 1.83. The lowest BCUT2D eigenvalue weighted by atomic mass is 10.1. The highest BCUT2D eigenvalue weighted by Crippen LogP contribution is 2.16. The standard InChI is InChI=1S/C13H14IN5O/c1-19(12-10(14)13(20)18-7-17-12)6-8-3-2-4-9(5-8)11(15)16/h2-5,7H,6H2,1H3,(H3,15,16)(H,17,18,20). The zero-order valence-corrected chi connectivity index (χ0v) is 13.0. The van der Waals surface area contributed by atoms with Gasteiger partial charge in [-0.2, -0.15) is 0 Å². The number of aromatic amines is 1. The molecule has 0 fully saturated rings. The Morgan fingerprint density at radius 2 is 2.30 bits per heavy atom. The predicted octanol–water partition coefficient (Wildman–Crippen LogP) is 1.29. The van der Waals surface area contributed by atoms with Gasteiger partial charge in [-0.05, 0) is 34.2 Å². The Bertz CT molecular complexity index is 697. The average molecular weight is 383 g/mol. The van der Waals surface area contributed by atoms with E-state index >= 15 is 0 Å². The number of nitrogens with one attached hydrogen (secondary N) is 2. The van der Waals surface area contributed by atoms with Gasteiger partial charge in [-0.1, -0.05) is 18.2 Å². The highest BCUT2D eigenvalue weighted by molar-refractivity contribution is 14.1. The van der Waals surface area contributed by atoms with Gasteiger partial charge in [-0.3, -0.25) is 10.2 Å². The summed E-state index contributed by atoms with van der Waals surface area (Å²) in [6.07, 6.45) is 1.39. The van der Waals surface area contributed by atoms with Crippen LogP contribution in [0.2, 0.25) is 0 Å². The van der Waals surface area contributed by atoms with Gasteiger partial charge in [0.15, 0.2) is 0 Å². The van der Waals surface area contributed by atoms with Crippen LogP contribution in [0.4, 0.5) is 5.82 Å². The number of nitrogens with two attached hydrogens (primary N) is 1. The molecule has 0 saturated heterocycles. The molecule has 6 nitrogen and oxygen atoms in total. The zero-order valence-electron chi connectivity index (χ0n) is 10.9. The van der Waals surface area contributed by atoms with Crippen molar-refractivity contribution in [2.24, 2.45) is 5.73 Å². The smallest absolute Gasteiger partial charge is 0.266 e. The number of benzene rings is 1. The molecule has 1 aromatic heterocycles. The van der Waals surface area contributed by atoms with E-state index in [1.807, 2.05) is 52.7 Å². The summed E-state index contributed by atoms with van der Waals surface area (Å²) < 4.78 is 0.551. The Morgan fingerprint density at radius 3 is 3.00 bits per heavy atom. The zero-order chi connectivity index (χ0) is 14.7. The van der Waals surface area contributed by atoms with Crippen molar-refractivity contribution >= 4 is 34.2 Å². The van der Waals surface area contributed by atoms with Crippen LogP contribution in [0, 0.1) is 8.98 Å². The number of H-pyrrole nitrogens is 1. The summed E-state index contributed by atoms with van der Waals surface area (Å²) in [4.78, 5) is 20.2. The lowest BCUT2D eigenvalue weighted by molar-refractivity contribution is 0.880. The van der Waals surface area contributed by atoms with E-state index in [-0.39, 0.29) is 11.4 Å². The van der Waals surface area contributed by atoms with Gasteiger partial charge in [0, 0.05) is 19.2 Å². The first-order chi connectivity index (χ1) is 9.49. The van der Waals surface area contributed by atoms with Crippen LogP contribution in [0.3, 0.4) is 0 Å². The predicted molar refractivity (Wildman–Crippen MR) is 87.1 cm³/mol. The Kier molecular flexibility index (Phi) is 4.38. The second-order valence-corrected chi connectivity index (χ2v) is 5.42. The topological polar surface area (TPSA) is 98.9 Å². The minimum absolute atomic E-state index is 0.0402. The van der Waals surface area contributed by atoms with Crippen LogP contribution >= 0.6 is 22.6 Å². The molecule has 104 valence electrons. The Labute approximate surface area is 129 Å². The summed E-state index contributed by atoms with van der Waals surface area (Å²) in [7, 11) is 1.87. The third kappa shape index (κ3) is 3.16. The van der Waals surface area contributed by atoms with Crippen molar-refractivity contribution in [3.63, 3.8) is 0 Å². The van der Waals surface area contributed by atoms with Crippen LogP contribution in [0.5, 0.6) is 0 Å². The van der Waals surface area contributed by atoms with E-state index in [1.54, 1.807) is 6.07 Å². The van der Waals surface area contributed by atoms with Gasteiger partial charge in [0.1, 0.15) is 15.2 Å². The van der Waals surface area contributed by atoms with Crippen molar-refractivity contribution < 1.29 is 0 Å². The van der Waals surface area contributed by atoms with Crippen LogP contribution in [-0.2, 0) is 6.54 Å². The first-order valence-corrected chi connectivity index (χ1v) is 6.94. The molecule has 0 bridgehead atoms. The second kappa shape index (κ2) is 6.04. The number of hydrogen-bond acceptors (Lipinski definition) is 4. The van der Waals surface area contributed by atoms with Crippen LogP contribution in [0.1, 0.15) is 11.1 Å². The lowest BCUT2D eigenvalue weighted by Gasteiger charge is -2.19. The van der Waals surface area contributed by atoms with Gasteiger partial charge in [0.25, 0.3) is 5.56 Å². The Hall–Kier alpha value is -1.90. The molecule has 2 aromatic rings. The highest BCUT2D eigenvalue weighted by atomic mass is 127. The van der Waals surface area contributed by atoms with Gasteiger partial charge in [-0.25, -0.2) is 4.98 Å².